The molecule has 30 heavy (non-hydrogen) atoms. The first-order valence-corrected chi connectivity index (χ1v) is 11.8. The molecule has 0 bridgehead atoms. The van der Waals surface area contributed by atoms with Gasteiger partial charge in [0.15, 0.2) is 0 Å². The molecule has 0 saturated carbocycles. The molecule has 0 atom stereocenters. The van der Waals surface area contributed by atoms with Crippen LogP contribution in [-0.2, 0) is 11.3 Å². The van der Waals surface area contributed by atoms with E-state index in [1.807, 2.05) is 13.0 Å². The largest absolute Gasteiger partial charge is 0.357 e. The fourth-order valence-electron chi connectivity index (χ4n) is 4.05. The number of hydrogen-bond acceptors (Lipinski definition) is 6. The minimum Gasteiger partial charge on any atom is -0.357 e. The number of unbranched alkanes of at least 4 members (excludes halogenated alkanes) is 2. The predicted molar refractivity (Wildman–Crippen MR) is 127 cm³/mol. The van der Waals surface area contributed by atoms with Crippen molar-refractivity contribution in [1.29, 1.82) is 5.26 Å². The van der Waals surface area contributed by atoms with E-state index in [2.05, 4.69) is 17.9 Å². The van der Waals surface area contributed by atoms with Crippen molar-refractivity contribution >= 4 is 46.1 Å². The van der Waals surface area contributed by atoms with Gasteiger partial charge in [-0.3, -0.25) is 19.1 Å². The fraction of sp³-hybridized carbons (Fsp3) is 0.545. The number of thioether (sulfide) groups is 1. The average molecular weight is 445 g/mol. The van der Waals surface area contributed by atoms with Crippen LogP contribution >= 0.6 is 24.0 Å². The Bertz CT molecular complexity index is 984. The molecule has 0 radical (unpaired) electrons. The zero-order valence-electron chi connectivity index (χ0n) is 17.9. The van der Waals surface area contributed by atoms with Gasteiger partial charge in [0, 0.05) is 31.7 Å². The maximum atomic E-state index is 13.0. The number of anilines is 1. The summed E-state index contributed by atoms with van der Waals surface area (Å²) >= 11 is 6.77. The Hall–Kier alpha value is -2.11. The van der Waals surface area contributed by atoms with Crippen molar-refractivity contribution in [2.24, 2.45) is 0 Å². The number of rotatable bonds is 7. The molecular weight excluding hydrogens is 416 g/mol. The fourth-order valence-corrected chi connectivity index (χ4v) is 5.34. The first-order chi connectivity index (χ1) is 14.4. The topological polar surface area (TPSA) is 69.3 Å². The molecule has 0 spiro atoms. The van der Waals surface area contributed by atoms with Gasteiger partial charge in [-0.15, -0.1) is 0 Å². The van der Waals surface area contributed by atoms with Gasteiger partial charge in [-0.2, -0.15) is 5.26 Å². The van der Waals surface area contributed by atoms with Crippen molar-refractivity contribution in [3.05, 3.63) is 31.9 Å². The summed E-state index contributed by atoms with van der Waals surface area (Å²) in [5.74, 6) is 0.730. The lowest BCUT2D eigenvalue weighted by atomic mass is 10.0. The van der Waals surface area contributed by atoms with Gasteiger partial charge in [-0.05, 0) is 44.7 Å². The molecule has 3 rings (SSSR count). The van der Waals surface area contributed by atoms with E-state index >= 15 is 0 Å². The van der Waals surface area contributed by atoms with E-state index in [4.69, 9.17) is 12.2 Å². The summed E-state index contributed by atoms with van der Waals surface area (Å²) in [7, 11) is 0. The standard InChI is InChI=1S/C22H28N4O2S2/c1-4-6-7-12-26-21(28)18(30-22(26)29)13-16-15(3)17(14-23)20(27)25(5-2)19(16)24-10-8-9-11-24/h13H,4-12H2,1-3H3/b18-13+. The van der Waals surface area contributed by atoms with Crippen molar-refractivity contribution in [2.75, 3.05) is 24.5 Å². The summed E-state index contributed by atoms with van der Waals surface area (Å²) in [6.45, 7) is 8.67. The van der Waals surface area contributed by atoms with E-state index < -0.39 is 0 Å². The minimum absolute atomic E-state index is 0.0827. The summed E-state index contributed by atoms with van der Waals surface area (Å²) in [4.78, 5) is 30.4. The Morgan fingerprint density at radius 3 is 2.50 bits per heavy atom. The van der Waals surface area contributed by atoms with Crippen LogP contribution in [-0.4, -0.2) is 39.3 Å². The second kappa shape index (κ2) is 9.80. The molecule has 2 saturated heterocycles. The van der Waals surface area contributed by atoms with E-state index in [1.165, 1.54) is 11.8 Å². The summed E-state index contributed by atoms with van der Waals surface area (Å²) in [6, 6.07) is 2.08. The second-order valence-electron chi connectivity index (χ2n) is 7.63. The zero-order valence-corrected chi connectivity index (χ0v) is 19.5. The highest BCUT2D eigenvalue weighted by molar-refractivity contribution is 8.26. The van der Waals surface area contributed by atoms with Gasteiger partial charge in [0.1, 0.15) is 21.8 Å². The van der Waals surface area contributed by atoms with Gasteiger partial charge in [0.2, 0.25) is 0 Å². The lowest BCUT2D eigenvalue weighted by Crippen LogP contribution is -2.33. The number of nitrogens with zero attached hydrogens (tertiary/aromatic N) is 4. The number of thiocarbonyl (C=S) groups is 1. The van der Waals surface area contributed by atoms with Gasteiger partial charge in [0.05, 0.1) is 4.91 Å². The molecule has 6 nitrogen and oxygen atoms in total. The number of pyridine rings is 1. The third-order valence-electron chi connectivity index (χ3n) is 5.70. The highest BCUT2D eigenvalue weighted by Gasteiger charge is 2.33. The summed E-state index contributed by atoms with van der Waals surface area (Å²) < 4.78 is 2.25. The van der Waals surface area contributed by atoms with Gasteiger partial charge in [-0.25, -0.2) is 0 Å². The van der Waals surface area contributed by atoms with Crippen LogP contribution in [0.1, 0.15) is 62.6 Å². The van der Waals surface area contributed by atoms with Crippen molar-refractivity contribution in [1.82, 2.24) is 9.47 Å². The van der Waals surface area contributed by atoms with Crippen LogP contribution in [0.4, 0.5) is 5.82 Å². The van der Waals surface area contributed by atoms with Crippen LogP contribution < -0.4 is 10.5 Å². The number of aromatic nitrogens is 1. The van der Waals surface area contributed by atoms with E-state index in [9.17, 15) is 14.9 Å². The summed E-state index contributed by atoms with van der Waals surface area (Å²) in [5.41, 5.74) is 1.29. The Kier molecular flexibility index (Phi) is 7.37. The predicted octanol–water partition coefficient (Wildman–Crippen LogP) is 4.04. The van der Waals surface area contributed by atoms with E-state index in [0.29, 0.717) is 27.9 Å². The average Bonchev–Trinajstić information content (AvgIpc) is 3.34. The molecule has 0 unspecified atom stereocenters. The molecule has 2 aliphatic heterocycles. The van der Waals surface area contributed by atoms with Gasteiger partial charge < -0.3 is 4.90 Å². The zero-order chi connectivity index (χ0) is 21.8. The lowest BCUT2D eigenvalue weighted by molar-refractivity contribution is -0.122. The summed E-state index contributed by atoms with van der Waals surface area (Å²) in [5, 5.41) is 9.62. The third-order valence-corrected chi connectivity index (χ3v) is 7.08. The van der Waals surface area contributed by atoms with E-state index in [-0.39, 0.29) is 17.0 Å². The Morgan fingerprint density at radius 1 is 1.20 bits per heavy atom. The molecule has 8 heteroatoms. The normalized spacial score (nSPS) is 18.0. The quantitative estimate of drug-likeness (QED) is 0.359. The molecular formula is C22H28N4O2S2. The maximum absolute atomic E-state index is 13.0. The molecule has 3 heterocycles. The third kappa shape index (κ3) is 4.19. The first kappa shape index (κ1) is 22.6. The second-order valence-corrected chi connectivity index (χ2v) is 9.31. The summed E-state index contributed by atoms with van der Waals surface area (Å²) in [6.07, 6.45) is 7.04. The molecule has 2 aliphatic rings. The number of hydrogen-bond donors (Lipinski definition) is 0. The molecule has 0 aliphatic carbocycles. The SMILES string of the molecule is CCCCCN1C(=O)/C(=C\c2c(C)c(C#N)c(=O)n(CC)c2N2CCCC2)SC1=S. The number of carbonyl (C=O) groups excluding carboxylic acids is 1. The van der Waals surface area contributed by atoms with E-state index in [0.717, 1.165) is 56.6 Å². The van der Waals surface area contributed by atoms with Crippen LogP contribution in [0.3, 0.4) is 0 Å². The maximum Gasteiger partial charge on any atom is 0.270 e. The lowest BCUT2D eigenvalue weighted by Gasteiger charge is -2.26. The molecule has 1 aromatic rings. The molecule has 1 aromatic heterocycles. The van der Waals surface area contributed by atoms with Crippen LogP contribution in [0.25, 0.3) is 6.08 Å². The van der Waals surface area contributed by atoms with Gasteiger partial charge in [-0.1, -0.05) is 43.7 Å². The molecule has 0 aromatic carbocycles. The minimum atomic E-state index is -0.260. The van der Waals surface area contributed by atoms with Crippen LogP contribution in [0.2, 0.25) is 0 Å². The molecule has 1 amide bonds. The van der Waals surface area contributed by atoms with Crippen molar-refractivity contribution < 1.29 is 4.79 Å². The smallest absolute Gasteiger partial charge is 0.270 e. The van der Waals surface area contributed by atoms with Crippen molar-refractivity contribution in [2.45, 2.75) is 59.4 Å². The molecule has 160 valence electrons. The monoisotopic (exact) mass is 444 g/mol. The highest BCUT2D eigenvalue weighted by Crippen LogP contribution is 2.36. The van der Waals surface area contributed by atoms with Crippen LogP contribution in [0.15, 0.2) is 9.70 Å². The Morgan fingerprint density at radius 2 is 1.90 bits per heavy atom. The first-order valence-electron chi connectivity index (χ1n) is 10.6. The number of nitriles is 1. The number of carbonyl (C=O) groups is 1. The van der Waals surface area contributed by atoms with E-state index in [1.54, 1.807) is 16.4 Å². The van der Waals surface area contributed by atoms with Crippen molar-refractivity contribution in [3.8, 4) is 6.07 Å². The number of amides is 1. The van der Waals surface area contributed by atoms with Gasteiger partial charge >= 0.3 is 0 Å². The Balaban J connectivity index is 2.11. The molecule has 0 N–H and O–H groups in total. The van der Waals surface area contributed by atoms with Crippen LogP contribution in [0.5, 0.6) is 0 Å². The van der Waals surface area contributed by atoms with Crippen LogP contribution in [0, 0.1) is 18.3 Å². The highest BCUT2D eigenvalue weighted by atomic mass is 32.2. The van der Waals surface area contributed by atoms with Crippen molar-refractivity contribution in [3.63, 3.8) is 0 Å². The molecule has 2 fully saturated rings. The van der Waals surface area contributed by atoms with Gasteiger partial charge in [0.25, 0.3) is 11.5 Å². The Labute approximate surface area is 187 Å².